The first-order valence-electron chi connectivity index (χ1n) is 7.23. The summed E-state index contributed by atoms with van der Waals surface area (Å²) in [6.45, 7) is 7.24. The fraction of sp³-hybridized carbons (Fsp3) is 0.438. The van der Waals surface area contributed by atoms with Gasteiger partial charge in [0.05, 0.1) is 23.0 Å². The summed E-state index contributed by atoms with van der Waals surface area (Å²) in [6, 6.07) is 8.83. The van der Waals surface area contributed by atoms with Gasteiger partial charge in [0.15, 0.2) is 0 Å². The van der Waals surface area contributed by atoms with Crippen LogP contribution in [0.5, 0.6) is 0 Å². The number of nitrogens with one attached hydrogen (secondary N) is 1. The van der Waals surface area contributed by atoms with Crippen LogP contribution in [0.15, 0.2) is 34.9 Å². The Morgan fingerprint density at radius 2 is 2.14 bits per heavy atom. The summed E-state index contributed by atoms with van der Waals surface area (Å²) in [5, 5.41) is 8.67. The van der Waals surface area contributed by atoms with E-state index >= 15 is 0 Å². The highest BCUT2D eigenvalue weighted by Gasteiger charge is 2.21. The first-order chi connectivity index (χ1) is 10.0. The van der Waals surface area contributed by atoms with Crippen LogP contribution in [0.2, 0.25) is 5.02 Å². The molecular weight excluding hydrogens is 350 g/mol. The maximum Gasteiger partial charge on any atom is 0.0834 e. The van der Waals surface area contributed by atoms with Crippen molar-refractivity contribution in [2.24, 2.45) is 0 Å². The van der Waals surface area contributed by atoms with Gasteiger partial charge in [-0.3, -0.25) is 4.68 Å². The van der Waals surface area contributed by atoms with E-state index < -0.39 is 0 Å². The van der Waals surface area contributed by atoms with Crippen molar-refractivity contribution in [1.82, 2.24) is 15.1 Å². The molecule has 5 heteroatoms. The normalized spacial score (nSPS) is 12.9. The van der Waals surface area contributed by atoms with Crippen LogP contribution in [0, 0.1) is 0 Å². The standard InChI is InChI=1S/C16H21BrClN3/c1-4-19-15(9-12-6-5-7-13(17)8-12)16-14(18)10-20-21(16)11(2)3/h5-8,10-11,15,19H,4,9H2,1-3H3. The zero-order chi connectivity index (χ0) is 15.4. The first kappa shape index (κ1) is 16.5. The van der Waals surface area contributed by atoms with Crippen molar-refractivity contribution < 1.29 is 0 Å². The Labute approximate surface area is 139 Å². The molecule has 0 saturated heterocycles. The Kier molecular flexibility index (Phi) is 5.85. The molecule has 0 aliphatic rings. The number of rotatable bonds is 6. The molecule has 1 heterocycles. The lowest BCUT2D eigenvalue weighted by Crippen LogP contribution is -2.26. The van der Waals surface area contributed by atoms with Crippen molar-refractivity contribution in [2.75, 3.05) is 6.54 Å². The summed E-state index contributed by atoms with van der Waals surface area (Å²) in [5.74, 6) is 0. The van der Waals surface area contributed by atoms with Crippen LogP contribution >= 0.6 is 27.5 Å². The third kappa shape index (κ3) is 4.09. The van der Waals surface area contributed by atoms with Crippen molar-refractivity contribution in [2.45, 2.75) is 39.3 Å². The van der Waals surface area contributed by atoms with E-state index in [9.17, 15) is 0 Å². The van der Waals surface area contributed by atoms with E-state index in [-0.39, 0.29) is 12.1 Å². The number of nitrogens with zero attached hydrogens (tertiary/aromatic N) is 2. The molecule has 1 aromatic heterocycles. The maximum atomic E-state index is 6.38. The van der Waals surface area contributed by atoms with Crippen LogP contribution in [0.3, 0.4) is 0 Å². The minimum absolute atomic E-state index is 0.154. The average Bonchev–Trinajstić information content (AvgIpc) is 2.80. The van der Waals surface area contributed by atoms with Crippen molar-refractivity contribution in [3.8, 4) is 0 Å². The zero-order valence-corrected chi connectivity index (χ0v) is 14.9. The molecule has 0 bridgehead atoms. The predicted octanol–water partition coefficient (Wildman–Crippen LogP) is 4.77. The van der Waals surface area contributed by atoms with E-state index in [1.807, 2.05) is 10.7 Å². The number of aromatic nitrogens is 2. The molecular formula is C16H21BrClN3. The lowest BCUT2D eigenvalue weighted by atomic mass is 10.0. The monoisotopic (exact) mass is 369 g/mol. The molecule has 1 unspecified atom stereocenters. The van der Waals surface area contributed by atoms with Gasteiger partial charge in [0.25, 0.3) is 0 Å². The second-order valence-electron chi connectivity index (χ2n) is 5.36. The largest absolute Gasteiger partial charge is 0.309 e. The fourth-order valence-electron chi connectivity index (χ4n) is 2.50. The molecule has 0 aliphatic carbocycles. The molecule has 0 radical (unpaired) electrons. The highest BCUT2D eigenvalue weighted by Crippen LogP contribution is 2.28. The highest BCUT2D eigenvalue weighted by molar-refractivity contribution is 9.10. The van der Waals surface area contributed by atoms with Gasteiger partial charge in [0.2, 0.25) is 0 Å². The number of halogens is 2. The molecule has 1 aromatic carbocycles. The smallest absolute Gasteiger partial charge is 0.0834 e. The molecule has 21 heavy (non-hydrogen) atoms. The van der Waals surface area contributed by atoms with Gasteiger partial charge in [-0.15, -0.1) is 0 Å². The lowest BCUT2D eigenvalue weighted by Gasteiger charge is -2.22. The van der Waals surface area contributed by atoms with Gasteiger partial charge in [0, 0.05) is 10.5 Å². The minimum atomic E-state index is 0.154. The minimum Gasteiger partial charge on any atom is -0.309 e. The first-order valence-corrected chi connectivity index (χ1v) is 8.40. The summed E-state index contributed by atoms with van der Waals surface area (Å²) in [4.78, 5) is 0. The molecule has 2 aromatic rings. The number of benzene rings is 1. The highest BCUT2D eigenvalue weighted by atomic mass is 79.9. The topological polar surface area (TPSA) is 29.9 Å². The van der Waals surface area contributed by atoms with Crippen LogP contribution in [0.1, 0.15) is 44.1 Å². The fourth-order valence-corrected chi connectivity index (χ4v) is 3.21. The quantitative estimate of drug-likeness (QED) is 0.793. The van der Waals surface area contributed by atoms with Gasteiger partial charge in [-0.2, -0.15) is 5.10 Å². The van der Waals surface area contributed by atoms with Gasteiger partial charge in [-0.1, -0.05) is 46.6 Å². The average molecular weight is 371 g/mol. The third-order valence-corrected chi connectivity index (χ3v) is 4.17. The van der Waals surface area contributed by atoms with Crippen molar-refractivity contribution >= 4 is 27.5 Å². The van der Waals surface area contributed by atoms with Crippen LogP contribution in [0.25, 0.3) is 0 Å². The summed E-state index contributed by atoms with van der Waals surface area (Å²) in [6.07, 6.45) is 2.62. The third-order valence-electron chi connectivity index (χ3n) is 3.39. The summed E-state index contributed by atoms with van der Waals surface area (Å²) in [7, 11) is 0. The molecule has 1 N–H and O–H groups in total. The molecule has 0 aliphatic heterocycles. The summed E-state index contributed by atoms with van der Waals surface area (Å²) < 4.78 is 3.10. The van der Waals surface area contributed by atoms with Crippen molar-refractivity contribution in [3.05, 3.63) is 51.2 Å². The second-order valence-corrected chi connectivity index (χ2v) is 6.68. The van der Waals surface area contributed by atoms with Gasteiger partial charge < -0.3 is 5.32 Å². The summed E-state index contributed by atoms with van der Waals surface area (Å²) >= 11 is 9.91. The van der Waals surface area contributed by atoms with E-state index in [2.05, 4.69) is 65.3 Å². The second kappa shape index (κ2) is 7.43. The maximum absolute atomic E-state index is 6.38. The van der Waals surface area contributed by atoms with Crippen LogP contribution in [-0.2, 0) is 6.42 Å². The Balaban J connectivity index is 2.33. The zero-order valence-electron chi connectivity index (χ0n) is 12.6. The van der Waals surface area contributed by atoms with Gasteiger partial charge in [-0.25, -0.2) is 0 Å². The van der Waals surface area contributed by atoms with Crippen molar-refractivity contribution in [3.63, 3.8) is 0 Å². The summed E-state index contributed by atoms with van der Waals surface area (Å²) in [5.41, 5.74) is 2.33. The van der Waals surface area contributed by atoms with Crippen LogP contribution < -0.4 is 5.32 Å². The van der Waals surface area contributed by atoms with Crippen molar-refractivity contribution in [1.29, 1.82) is 0 Å². The van der Waals surface area contributed by atoms with E-state index in [1.54, 1.807) is 6.20 Å². The molecule has 114 valence electrons. The lowest BCUT2D eigenvalue weighted by molar-refractivity contribution is 0.448. The van der Waals surface area contributed by atoms with Gasteiger partial charge in [-0.05, 0) is 44.5 Å². The SMILES string of the molecule is CCNC(Cc1cccc(Br)c1)c1c(Cl)cnn1C(C)C. The molecule has 0 fully saturated rings. The van der Waals surface area contributed by atoms with Gasteiger partial charge >= 0.3 is 0 Å². The number of likely N-dealkylation sites (N-methyl/N-ethyl adjacent to an activating group) is 1. The Hall–Kier alpha value is -0.840. The molecule has 0 saturated carbocycles. The Bertz CT molecular complexity index is 595. The molecule has 2 rings (SSSR count). The molecule has 1 atom stereocenters. The van der Waals surface area contributed by atoms with Gasteiger partial charge in [0.1, 0.15) is 0 Å². The van der Waals surface area contributed by atoms with E-state index in [1.165, 1.54) is 5.56 Å². The predicted molar refractivity (Wildman–Crippen MR) is 91.9 cm³/mol. The Morgan fingerprint density at radius 3 is 2.76 bits per heavy atom. The van der Waals surface area contributed by atoms with E-state index in [4.69, 9.17) is 11.6 Å². The molecule has 3 nitrogen and oxygen atoms in total. The van der Waals surface area contributed by atoms with Crippen LogP contribution in [-0.4, -0.2) is 16.3 Å². The molecule has 0 spiro atoms. The number of hydrogen-bond acceptors (Lipinski definition) is 2. The van der Waals surface area contributed by atoms with E-state index in [0.29, 0.717) is 0 Å². The van der Waals surface area contributed by atoms with E-state index in [0.717, 1.165) is 28.2 Å². The Morgan fingerprint density at radius 1 is 1.38 bits per heavy atom. The number of hydrogen-bond donors (Lipinski definition) is 1. The molecule has 0 amide bonds. The van der Waals surface area contributed by atoms with Crippen LogP contribution in [0.4, 0.5) is 0 Å².